The molecule has 0 spiro atoms. The Morgan fingerprint density at radius 2 is 1.95 bits per heavy atom. The van der Waals surface area contributed by atoms with Gasteiger partial charge >= 0.3 is 0 Å². The summed E-state index contributed by atoms with van der Waals surface area (Å²) in [5.74, 6) is 0.938. The Morgan fingerprint density at radius 3 is 2.67 bits per heavy atom. The van der Waals surface area contributed by atoms with Crippen molar-refractivity contribution in [3.05, 3.63) is 59.4 Å². The number of methoxy groups -OCH3 is 1. The molecule has 1 aromatic heterocycles. The number of aryl methyl sites for hydroxylation is 1. The summed E-state index contributed by atoms with van der Waals surface area (Å²) in [7, 11) is 1.72. The summed E-state index contributed by atoms with van der Waals surface area (Å²) in [5.41, 5.74) is 3.35. The number of hydrogen-bond acceptors (Lipinski definition) is 3. The van der Waals surface area contributed by atoms with Crippen LogP contribution in [0.1, 0.15) is 36.3 Å². The summed E-state index contributed by atoms with van der Waals surface area (Å²) in [6, 6.07) is 14.6. The highest BCUT2D eigenvalue weighted by atomic mass is 16.5. The number of ether oxygens (including phenoxy) is 1. The molecule has 2 rings (SSSR count). The second kappa shape index (κ2) is 7.79. The Kier molecular flexibility index (Phi) is 5.76. The van der Waals surface area contributed by atoms with Crippen LogP contribution in [0, 0.1) is 6.92 Å². The molecule has 0 aliphatic carbocycles. The molecule has 0 amide bonds. The van der Waals surface area contributed by atoms with Crippen molar-refractivity contribution >= 4 is 0 Å². The molecule has 0 bridgehead atoms. The van der Waals surface area contributed by atoms with Crippen LogP contribution in [0.5, 0.6) is 5.75 Å². The second-order valence-corrected chi connectivity index (χ2v) is 5.23. The fourth-order valence-corrected chi connectivity index (χ4v) is 2.45. The zero-order valence-corrected chi connectivity index (χ0v) is 13.1. The number of aromatic nitrogens is 1. The molecule has 0 radical (unpaired) electrons. The molecule has 3 nitrogen and oxygen atoms in total. The Labute approximate surface area is 127 Å². The maximum Gasteiger partial charge on any atom is 0.122 e. The standard InChI is InChI=1S/C18H24N2O/c1-4-12-19-17(16-10-7-8-14(2)20-16)13-15-9-5-6-11-18(15)21-3/h5-11,17,19H,4,12-13H2,1-3H3. The predicted octanol–water partition coefficient (Wildman–Crippen LogP) is 3.68. The summed E-state index contributed by atoms with van der Waals surface area (Å²) in [5, 5.41) is 3.59. The van der Waals surface area contributed by atoms with E-state index in [0.717, 1.165) is 36.5 Å². The quantitative estimate of drug-likeness (QED) is 0.842. The lowest BCUT2D eigenvalue weighted by Gasteiger charge is -2.20. The van der Waals surface area contributed by atoms with Crippen molar-refractivity contribution in [2.45, 2.75) is 32.7 Å². The topological polar surface area (TPSA) is 34.1 Å². The molecule has 21 heavy (non-hydrogen) atoms. The van der Waals surface area contributed by atoms with E-state index in [9.17, 15) is 0 Å². The highest BCUT2D eigenvalue weighted by molar-refractivity contribution is 5.34. The lowest BCUT2D eigenvalue weighted by molar-refractivity contribution is 0.404. The van der Waals surface area contributed by atoms with Crippen molar-refractivity contribution < 1.29 is 4.74 Å². The van der Waals surface area contributed by atoms with Crippen LogP contribution in [0.15, 0.2) is 42.5 Å². The third-order valence-electron chi connectivity index (χ3n) is 3.52. The zero-order chi connectivity index (χ0) is 15.1. The van der Waals surface area contributed by atoms with Crippen LogP contribution in [0.3, 0.4) is 0 Å². The molecule has 0 aliphatic rings. The molecule has 2 aromatic rings. The van der Waals surface area contributed by atoms with Crippen LogP contribution < -0.4 is 10.1 Å². The normalized spacial score (nSPS) is 12.1. The number of para-hydroxylation sites is 1. The first kappa shape index (κ1) is 15.5. The molecule has 0 fully saturated rings. The maximum absolute atomic E-state index is 5.46. The number of benzene rings is 1. The smallest absolute Gasteiger partial charge is 0.122 e. The van der Waals surface area contributed by atoms with Gasteiger partial charge in [0, 0.05) is 5.69 Å². The van der Waals surface area contributed by atoms with Gasteiger partial charge in [-0.1, -0.05) is 31.2 Å². The summed E-state index contributed by atoms with van der Waals surface area (Å²) >= 11 is 0. The van der Waals surface area contributed by atoms with Gasteiger partial charge in [-0.3, -0.25) is 4.98 Å². The molecule has 1 unspecified atom stereocenters. The van der Waals surface area contributed by atoms with Crippen molar-refractivity contribution in [2.24, 2.45) is 0 Å². The molecule has 1 atom stereocenters. The van der Waals surface area contributed by atoms with E-state index >= 15 is 0 Å². The van der Waals surface area contributed by atoms with Crippen LogP contribution in [0.25, 0.3) is 0 Å². The molecule has 112 valence electrons. The summed E-state index contributed by atoms with van der Waals surface area (Å²) in [6.07, 6.45) is 1.98. The Hall–Kier alpha value is -1.87. The van der Waals surface area contributed by atoms with Crippen molar-refractivity contribution in [2.75, 3.05) is 13.7 Å². The highest BCUT2D eigenvalue weighted by Gasteiger charge is 2.15. The molecule has 0 saturated heterocycles. The fourth-order valence-electron chi connectivity index (χ4n) is 2.45. The van der Waals surface area contributed by atoms with Crippen molar-refractivity contribution in [1.29, 1.82) is 0 Å². The van der Waals surface area contributed by atoms with Gasteiger partial charge in [-0.2, -0.15) is 0 Å². The summed E-state index contributed by atoms with van der Waals surface area (Å²) < 4.78 is 5.46. The Balaban J connectivity index is 2.24. The monoisotopic (exact) mass is 284 g/mol. The molecule has 1 aromatic carbocycles. The van der Waals surface area contributed by atoms with Crippen LogP contribution in [-0.2, 0) is 6.42 Å². The fraction of sp³-hybridized carbons (Fsp3) is 0.389. The van der Waals surface area contributed by atoms with E-state index in [1.807, 2.05) is 25.1 Å². The minimum absolute atomic E-state index is 0.209. The van der Waals surface area contributed by atoms with E-state index in [4.69, 9.17) is 4.74 Å². The first-order valence-electron chi connectivity index (χ1n) is 7.53. The predicted molar refractivity (Wildman–Crippen MR) is 86.7 cm³/mol. The Bertz CT molecular complexity index is 569. The van der Waals surface area contributed by atoms with E-state index < -0.39 is 0 Å². The number of hydrogen-bond donors (Lipinski definition) is 1. The number of nitrogens with one attached hydrogen (secondary N) is 1. The van der Waals surface area contributed by atoms with Gasteiger partial charge in [-0.15, -0.1) is 0 Å². The third kappa shape index (κ3) is 4.30. The van der Waals surface area contributed by atoms with Gasteiger partial charge in [0.25, 0.3) is 0 Å². The lowest BCUT2D eigenvalue weighted by atomic mass is 10.0. The van der Waals surface area contributed by atoms with Gasteiger partial charge in [0.2, 0.25) is 0 Å². The van der Waals surface area contributed by atoms with Gasteiger partial charge in [0.15, 0.2) is 0 Å². The Morgan fingerprint density at radius 1 is 1.14 bits per heavy atom. The molecular formula is C18H24N2O. The summed E-state index contributed by atoms with van der Waals surface area (Å²) in [6.45, 7) is 5.19. The number of pyridine rings is 1. The van der Waals surface area contributed by atoms with Gasteiger partial charge < -0.3 is 10.1 Å². The molecule has 3 heteroatoms. The van der Waals surface area contributed by atoms with Crippen LogP contribution >= 0.6 is 0 Å². The SMILES string of the molecule is CCCNC(Cc1ccccc1OC)c1cccc(C)n1. The number of rotatable bonds is 7. The van der Waals surface area contributed by atoms with E-state index in [2.05, 4.69) is 41.5 Å². The molecule has 0 aliphatic heterocycles. The lowest BCUT2D eigenvalue weighted by Crippen LogP contribution is -2.25. The molecule has 0 saturated carbocycles. The molecule has 1 N–H and O–H groups in total. The van der Waals surface area contributed by atoms with E-state index in [0.29, 0.717) is 0 Å². The van der Waals surface area contributed by atoms with Crippen LogP contribution in [0.2, 0.25) is 0 Å². The molecular weight excluding hydrogens is 260 g/mol. The first-order chi connectivity index (χ1) is 10.2. The molecule has 1 heterocycles. The van der Waals surface area contributed by atoms with E-state index in [1.165, 1.54) is 5.56 Å². The van der Waals surface area contributed by atoms with E-state index in [-0.39, 0.29) is 6.04 Å². The average molecular weight is 284 g/mol. The second-order valence-electron chi connectivity index (χ2n) is 5.23. The number of nitrogens with zero attached hydrogens (tertiary/aromatic N) is 1. The highest BCUT2D eigenvalue weighted by Crippen LogP contribution is 2.24. The largest absolute Gasteiger partial charge is 0.496 e. The van der Waals surface area contributed by atoms with Crippen molar-refractivity contribution in [3.8, 4) is 5.75 Å². The van der Waals surface area contributed by atoms with E-state index in [1.54, 1.807) is 7.11 Å². The van der Waals surface area contributed by atoms with Crippen molar-refractivity contribution in [1.82, 2.24) is 10.3 Å². The maximum atomic E-state index is 5.46. The van der Waals surface area contributed by atoms with Crippen molar-refractivity contribution in [3.63, 3.8) is 0 Å². The van der Waals surface area contributed by atoms with Gasteiger partial charge in [-0.25, -0.2) is 0 Å². The minimum atomic E-state index is 0.209. The van der Waals surface area contributed by atoms with Gasteiger partial charge in [-0.05, 0) is 50.1 Å². The van der Waals surface area contributed by atoms with Gasteiger partial charge in [0.1, 0.15) is 5.75 Å². The third-order valence-corrected chi connectivity index (χ3v) is 3.52. The average Bonchev–Trinajstić information content (AvgIpc) is 2.51. The van der Waals surface area contributed by atoms with Crippen LogP contribution in [-0.4, -0.2) is 18.6 Å². The minimum Gasteiger partial charge on any atom is -0.496 e. The first-order valence-corrected chi connectivity index (χ1v) is 7.53. The van der Waals surface area contributed by atoms with Gasteiger partial charge in [0.05, 0.1) is 18.8 Å². The van der Waals surface area contributed by atoms with Crippen LogP contribution in [0.4, 0.5) is 0 Å². The summed E-state index contributed by atoms with van der Waals surface area (Å²) in [4.78, 5) is 4.67. The zero-order valence-electron chi connectivity index (χ0n) is 13.1.